The molecule has 2 aromatic carbocycles. The number of phenols is 1. The van der Waals surface area contributed by atoms with Crippen LogP contribution in [0.2, 0.25) is 0 Å². The van der Waals surface area contributed by atoms with Gasteiger partial charge < -0.3 is 24.8 Å². The van der Waals surface area contributed by atoms with E-state index in [0.717, 1.165) is 5.69 Å². The van der Waals surface area contributed by atoms with Gasteiger partial charge >= 0.3 is 0 Å². The number of hydrogen-bond donors (Lipinski definition) is 3. The molecule has 1 aliphatic heterocycles. The second kappa shape index (κ2) is 8.53. The van der Waals surface area contributed by atoms with Crippen molar-refractivity contribution in [3.05, 3.63) is 36.7 Å². The third-order valence-electron chi connectivity index (χ3n) is 5.09. The average Bonchev–Trinajstić information content (AvgIpc) is 2.79. The third kappa shape index (κ3) is 4.20. The van der Waals surface area contributed by atoms with Gasteiger partial charge in [-0.15, -0.1) is 0 Å². The number of fused-ring (bicyclic) bond motifs is 1. The number of nitrogens with one attached hydrogen (secondary N) is 2. The monoisotopic (exact) mass is 445 g/mol. The molecule has 2 heterocycles. The number of methoxy groups -OCH3 is 1. The molecule has 0 spiro atoms. The molecule has 3 N–H and O–H groups in total. The van der Waals surface area contributed by atoms with Crippen molar-refractivity contribution in [1.29, 1.82) is 0 Å². The number of nitrogens with zero attached hydrogens (tertiary/aromatic N) is 3. The van der Waals surface area contributed by atoms with Gasteiger partial charge in [-0.05, 0) is 31.3 Å². The van der Waals surface area contributed by atoms with Crippen molar-refractivity contribution in [1.82, 2.24) is 14.7 Å². The summed E-state index contributed by atoms with van der Waals surface area (Å²) in [4.78, 5) is 10.8. The van der Waals surface area contributed by atoms with Gasteiger partial charge in [0.2, 0.25) is 10.0 Å². The standard InChI is InChI=1S/C20H23N5O5S/c1-21-31(27,28)13-3-4-17(25-5-7-30-8-6-25)16(9-13)24-20-14-10-19(29-2)18(26)11-15(14)22-12-23-20/h3-4,9-12,21,26H,5-8H2,1-2H3,(H,22,23,24). The van der Waals surface area contributed by atoms with Gasteiger partial charge in [0.15, 0.2) is 11.5 Å². The number of aromatic hydroxyl groups is 1. The maximum absolute atomic E-state index is 12.4. The van der Waals surface area contributed by atoms with Gasteiger partial charge in [-0.3, -0.25) is 0 Å². The van der Waals surface area contributed by atoms with E-state index in [4.69, 9.17) is 9.47 Å². The number of phenolic OH excluding ortho intramolecular Hbond substituents is 1. The Kier molecular flexibility index (Phi) is 5.81. The number of rotatable bonds is 6. The van der Waals surface area contributed by atoms with Gasteiger partial charge in [-0.2, -0.15) is 0 Å². The maximum Gasteiger partial charge on any atom is 0.240 e. The van der Waals surface area contributed by atoms with E-state index in [2.05, 4.69) is 24.9 Å². The van der Waals surface area contributed by atoms with E-state index in [9.17, 15) is 13.5 Å². The first-order valence-electron chi connectivity index (χ1n) is 9.62. The minimum Gasteiger partial charge on any atom is -0.504 e. The van der Waals surface area contributed by atoms with Crippen LogP contribution >= 0.6 is 0 Å². The van der Waals surface area contributed by atoms with Crippen LogP contribution in [0.1, 0.15) is 0 Å². The molecule has 0 radical (unpaired) electrons. The lowest BCUT2D eigenvalue weighted by atomic mass is 10.2. The summed E-state index contributed by atoms with van der Waals surface area (Å²) in [7, 11) is -0.809. The van der Waals surface area contributed by atoms with Crippen molar-refractivity contribution in [3.63, 3.8) is 0 Å². The van der Waals surface area contributed by atoms with Gasteiger partial charge in [0.25, 0.3) is 0 Å². The maximum atomic E-state index is 12.4. The van der Waals surface area contributed by atoms with E-state index < -0.39 is 10.0 Å². The molecular weight excluding hydrogens is 422 g/mol. The van der Waals surface area contributed by atoms with Crippen molar-refractivity contribution < 1.29 is 23.0 Å². The third-order valence-corrected chi connectivity index (χ3v) is 6.50. The highest BCUT2D eigenvalue weighted by Gasteiger charge is 2.20. The summed E-state index contributed by atoms with van der Waals surface area (Å²) in [6.45, 7) is 2.53. The van der Waals surface area contributed by atoms with Crippen LogP contribution in [0.25, 0.3) is 10.9 Å². The lowest BCUT2D eigenvalue weighted by molar-refractivity contribution is 0.123. The fraction of sp³-hybridized carbons (Fsp3) is 0.300. The summed E-state index contributed by atoms with van der Waals surface area (Å²) in [6.07, 6.45) is 1.37. The zero-order valence-corrected chi connectivity index (χ0v) is 17.9. The Morgan fingerprint density at radius 1 is 1.16 bits per heavy atom. The fourth-order valence-corrected chi connectivity index (χ4v) is 4.20. The van der Waals surface area contributed by atoms with Crippen LogP contribution in [-0.2, 0) is 14.8 Å². The van der Waals surface area contributed by atoms with E-state index in [1.54, 1.807) is 24.3 Å². The first-order chi connectivity index (χ1) is 14.9. The molecule has 1 aliphatic rings. The Morgan fingerprint density at radius 3 is 2.65 bits per heavy atom. The minimum absolute atomic E-state index is 0.0317. The second-order valence-electron chi connectivity index (χ2n) is 6.87. The number of sulfonamides is 1. The van der Waals surface area contributed by atoms with Gasteiger partial charge in [-0.25, -0.2) is 23.1 Å². The SMILES string of the molecule is CNS(=O)(=O)c1ccc(N2CCOCC2)c(Nc2ncnc3cc(O)c(OC)cc23)c1. The molecule has 3 aromatic rings. The predicted octanol–water partition coefficient (Wildman–Crippen LogP) is 1.83. The van der Waals surface area contributed by atoms with Crippen molar-refractivity contribution in [2.45, 2.75) is 4.90 Å². The molecular formula is C20H23N5O5S. The summed E-state index contributed by atoms with van der Waals surface area (Å²) in [5, 5.41) is 13.9. The van der Waals surface area contributed by atoms with Crippen LogP contribution in [0.15, 0.2) is 41.6 Å². The summed E-state index contributed by atoms with van der Waals surface area (Å²) < 4.78 is 37.8. The van der Waals surface area contributed by atoms with Crippen LogP contribution in [0.4, 0.5) is 17.2 Å². The largest absolute Gasteiger partial charge is 0.504 e. The van der Waals surface area contributed by atoms with Crippen LogP contribution in [0.3, 0.4) is 0 Å². The van der Waals surface area contributed by atoms with E-state index in [1.807, 2.05) is 0 Å². The zero-order valence-electron chi connectivity index (χ0n) is 17.1. The highest BCUT2D eigenvalue weighted by Crippen LogP contribution is 2.36. The molecule has 1 fully saturated rings. The lowest BCUT2D eigenvalue weighted by Gasteiger charge is -2.31. The molecule has 1 saturated heterocycles. The molecule has 0 aliphatic carbocycles. The molecule has 0 amide bonds. The summed E-state index contributed by atoms with van der Waals surface area (Å²) >= 11 is 0. The number of benzene rings is 2. The molecule has 4 rings (SSSR count). The molecule has 0 saturated carbocycles. The summed E-state index contributed by atoms with van der Waals surface area (Å²) in [5.74, 6) is 0.706. The van der Waals surface area contributed by atoms with Crippen molar-refractivity contribution in [2.24, 2.45) is 0 Å². The van der Waals surface area contributed by atoms with Gasteiger partial charge in [0.05, 0.1) is 42.1 Å². The van der Waals surface area contributed by atoms with Crippen molar-refractivity contribution in [2.75, 3.05) is 50.7 Å². The Labute approximate surface area is 179 Å². The van der Waals surface area contributed by atoms with E-state index in [1.165, 1.54) is 26.6 Å². The highest BCUT2D eigenvalue weighted by molar-refractivity contribution is 7.89. The van der Waals surface area contributed by atoms with Crippen molar-refractivity contribution >= 4 is 38.1 Å². The molecule has 1 aromatic heterocycles. The van der Waals surface area contributed by atoms with E-state index >= 15 is 0 Å². The molecule has 0 bridgehead atoms. The van der Waals surface area contributed by atoms with E-state index in [-0.39, 0.29) is 16.4 Å². The van der Waals surface area contributed by atoms with Gasteiger partial charge in [-0.1, -0.05) is 0 Å². The molecule has 0 unspecified atom stereocenters. The predicted molar refractivity (Wildman–Crippen MR) is 117 cm³/mol. The number of anilines is 3. The lowest BCUT2D eigenvalue weighted by Crippen LogP contribution is -2.36. The number of hydrogen-bond acceptors (Lipinski definition) is 9. The quantitative estimate of drug-likeness (QED) is 0.521. The Morgan fingerprint density at radius 2 is 1.94 bits per heavy atom. The molecule has 0 atom stereocenters. The van der Waals surface area contributed by atoms with Crippen LogP contribution in [0, 0.1) is 0 Å². The topological polar surface area (TPSA) is 126 Å². The zero-order chi connectivity index (χ0) is 22.0. The Bertz CT molecular complexity index is 1210. The minimum atomic E-state index is -3.64. The first-order valence-corrected chi connectivity index (χ1v) is 11.1. The van der Waals surface area contributed by atoms with Gasteiger partial charge in [0.1, 0.15) is 12.1 Å². The second-order valence-corrected chi connectivity index (χ2v) is 8.76. The molecule has 31 heavy (non-hydrogen) atoms. The van der Waals surface area contributed by atoms with Gasteiger partial charge in [0, 0.05) is 24.5 Å². The van der Waals surface area contributed by atoms with Crippen LogP contribution in [-0.4, -0.2) is 64.0 Å². The van der Waals surface area contributed by atoms with Crippen LogP contribution in [0.5, 0.6) is 11.5 Å². The summed E-state index contributed by atoms with van der Waals surface area (Å²) in [5.41, 5.74) is 1.92. The smallest absolute Gasteiger partial charge is 0.240 e. The Balaban J connectivity index is 1.83. The molecule has 10 nitrogen and oxygen atoms in total. The number of ether oxygens (including phenoxy) is 2. The fourth-order valence-electron chi connectivity index (χ4n) is 3.44. The number of morpholine rings is 1. The Hall–Kier alpha value is -3.15. The summed E-state index contributed by atoms with van der Waals surface area (Å²) in [6, 6.07) is 8.04. The van der Waals surface area contributed by atoms with Crippen molar-refractivity contribution in [3.8, 4) is 11.5 Å². The first kappa shape index (κ1) is 21.1. The average molecular weight is 446 g/mol. The highest BCUT2D eigenvalue weighted by atomic mass is 32.2. The molecule has 11 heteroatoms. The molecule has 164 valence electrons. The van der Waals surface area contributed by atoms with Crippen LogP contribution < -0.4 is 19.7 Å². The van der Waals surface area contributed by atoms with E-state index in [0.29, 0.717) is 48.7 Å². The normalized spacial score (nSPS) is 14.6. The number of aromatic nitrogens is 2.